The minimum absolute atomic E-state index is 0.803. The number of aromatic amines is 1. The molecule has 0 aromatic carbocycles. The van der Waals surface area contributed by atoms with Crippen molar-refractivity contribution in [1.82, 2.24) is 15.2 Å². The van der Waals surface area contributed by atoms with Crippen molar-refractivity contribution >= 4 is 0 Å². The van der Waals surface area contributed by atoms with Crippen molar-refractivity contribution in [2.24, 2.45) is 0 Å². The average molecular weight is 157 g/mol. The molecule has 0 aliphatic rings. The van der Waals surface area contributed by atoms with E-state index in [2.05, 4.69) is 15.2 Å². The van der Waals surface area contributed by atoms with E-state index in [0.29, 0.717) is 0 Å². The maximum atomic E-state index is 3.94. The zero-order chi connectivity index (χ0) is 9.28. The number of H-pyrrole nitrogens is 1. The summed E-state index contributed by atoms with van der Waals surface area (Å²) in [4.78, 5) is 3.94. The van der Waals surface area contributed by atoms with Gasteiger partial charge in [-0.15, -0.1) is 0 Å². The first-order chi connectivity index (χ1) is 5.29. The fourth-order valence-electron chi connectivity index (χ4n) is 0.455. The highest BCUT2D eigenvalue weighted by molar-refractivity contribution is 4.82. The van der Waals surface area contributed by atoms with Crippen LogP contribution in [0.5, 0.6) is 0 Å². The van der Waals surface area contributed by atoms with E-state index in [1.165, 1.54) is 0 Å². The van der Waals surface area contributed by atoms with Gasteiger partial charge in [0.1, 0.15) is 11.6 Å². The molecule has 3 nitrogen and oxygen atoms in total. The van der Waals surface area contributed by atoms with Gasteiger partial charge in [0.05, 0.1) is 0 Å². The van der Waals surface area contributed by atoms with Gasteiger partial charge in [0.15, 0.2) is 0 Å². The Balaban J connectivity index is 0. The van der Waals surface area contributed by atoms with Crippen LogP contribution in [0.4, 0.5) is 0 Å². The summed E-state index contributed by atoms with van der Waals surface area (Å²) in [5.41, 5.74) is 0. The molecule has 0 atom stereocenters. The van der Waals surface area contributed by atoms with Crippen molar-refractivity contribution in [3.8, 4) is 0 Å². The molecule has 1 N–H and O–H groups in total. The van der Waals surface area contributed by atoms with Crippen molar-refractivity contribution in [3.63, 3.8) is 0 Å². The standard InChI is InChI=1S/C4H7N3.2C2H6/c1-3-5-4(2)7-6-3;2*1-2/h1-2H3,(H,5,6,7);2*1-2H3. The van der Waals surface area contributed by atoms with E-state index >= 15 is 0 Å². The lowest BCUT2D eigenvalue weighted by molar-refractivity contribution is 1.02. The molecule has 1 aromatic rings. The van der Waals surface area contributed by atoms with Gasteiger partial charge in [0.2, 0.25) is 0 Å². The molecule has 11 heavy (non-hydrogen) atoms. The summed E-state index contributed by atoms with van der Waals surface area (Å²) in [7, 11) is 0. The van der Waals surface area contributed by atoms with E-state index < -0.39 is 0 Å². The smallest absolute Gasteiger partial charge is 0.147 e. The molecular formula is C8H19N3. The maximum Gasteiger partial charge on any atom is 0.147 e. The lowest BCUT2D eigenvalue weighted by atomic mass is 10.7. The molecule has 0 fully saturated rings. The molecule has 66 valence electrons. The number of nitrogens with one attached hydrogen (secondary N) is 1. The van der Waals surface area contributed by atoms with Crippen molar-refractivity contribution in [2.75, 3.05) is 0 Å². The second kappa shape index (κ2) is 9.14. The van der Waals surface area contributed by atoms with Crippen LogP contribution in [0, 0.1) is 13.8 Å². The van der Waals surface area contributed by atoms with Crippen LogP contribution in [-0.4, -0.2) is 15.2 Å². The second-order valence-corrected chi connectivity index (χ2v) is 1.47. The third-order valence-corrected chi connectivity index (χ3v) is 0.709. The van der Waals surface area contributed by atoms with E-state index in [9.17, 15) is 0 Å². The van der Waals surface area contributed by atoms with Crippen LogP contribution in [0.3, 0.4) is 0 Å². The zero-order valence-corrected chi connectivity index (χ0v) is 8.39. The van der Waals surface area contributed by atoms with Crippen LogP contribution in [0.1, 0.15) is 39.3 Å². The molecule has 0 bridgehead atoms. The van der Waals surface area contributed by atoms with Gasteiger partial charge in [-0.05, 0) is 13.8 Å². The Hall–Kier alpha value is -0.860. The number of nitrogens with zero attached hydrogens (tertiary/aromatic N) is 2. The van der Waals surface area contributed by atoms with E-state index in [1.54, 1.807) is 0 Å². The summed E-state index contributed by atoms with van der Waals surface area (Å²) in [5, 5.41) is 6.49. The van der Waals surface area contributed by atoms with Gasteiger partial charge in [-0.2, -0.15) is 5.10 Å². The van der Waals surface area contributed by atoms with Gasteiger partial charge in [-0.3, -0.25) is 5.10 Å². The van der Waals surface area contributed by atoms with Crippen molar-refractivity contribution < 1.29 is 0 Å². The zero-order valence-electron chi connectivity index (χ0n) is 8.39. The van der Waals surface area contributed by atoms with E-state index in [0.717, 1.165) is 11.6 Å². The number of aryl methyl sites for hydroxylation is 2. The Morgan fingerprint density at radius 2 is 1.45 bits per heavy atom. The van der Waals surface area contributed by atoms with Crippen LogP contribution in [0.15, 0.2) is 0 Å². The van der Waals surface area contributed by atoms with Gasteiger partial charge < -0.3 is 0 Å². The van der Waals surface area contributed by atoms with Crippen molar-refractivity contribution in [1.29, 1.82) is 0 Å². The van der Waals surface area contributed by atoms with Crippen molar-refractivity contribution in [2.45, 2.75) is 41.5 Å². The summed E-state index contributed by atoms with van der Waals surface area (Å²) < 4.78 is 0. The molecule has 0 aliphatic heterocycles. The minimum Gasteiger partial charge on any atom is -0.263 e. The molecular weight excluding hydrogens is 138 g/mol. The minimum atomic E-state index is 0.803. The molecule has 0 saturated heterocycles. The van der Waals surface area contributed by atoms with Gasteiger partial charge in [0, 0.05) is 0 Å². The molecule has 0 amide bonds. The predicted molar refractivity (Wildman–Crippen MR) is 48.6 cm³/mol. The highest BCUT2D eigenvalue weighted by Crippen LogP contribution is 1.83. The van der Waals surface area contributed by atoms with Crippen LogP contribution in [0.2, 0.25) is 0 Å². The van der Waals surface area contributed by atoms with E-state index in [4.69, 9.17) is 0 Å². The Kier molecular flexibility index (Phi) is 10.6. The fourth-order valence-corrected chi connectivity index (χ4v) is 0.455. The lowest BCUT2D eigenvalue weighted by Gasteiger charge is -1.68. The molecule has 1 aromatic heterocycles. The van der Waals surface area contributed by atoms with Gasteiger partial charge >= 0.3 is 0 Å². The molecule has 0 radical (unpaired) electrons. The highest BCUT2D eigenvalue weighted by Gasteiger charge is 1.86. The summed E-state index contributed by atoms with van der Waals surface area (Å²) in [6, 6.07) is 0. The largest absolute Gasteiger partial charge is 0.263 e. The highest BCUT2D eigenvalue weighted by atomic mass is 15.2. The second-order valence-electron chi connectivity index (χ2n) is 1.47. The Labute approximate surface area is 69.2 Å². The summed E-state index contributed by atoms with van der Waals surface area (Å²) in [6.07, 6.45) is 0. The lowest BCUT2D eigenvalue weighted by Crippen LogP contribution is -1.70. The van der Waals surface area contributed by atoms with E-state index in [-0.39, 0.29) is 0 Å². The summed E-state index contributed by atoms with van der Waals surface area (Å²) >= 11 is 0. The summed E-state index contributed by atoms with van der Waals surface area (Å²) in [5.74, 6) is 1.68. The Morgan fingerprint density at radius 1 is 1.00 bits per heavy atom. The first-order valence-corrected chi connectivity index (χ1v) is 4.14. The Morgan fingerprint density at radius 3 is 1.55 bits per heavy atom. The van der Waals surface area contributed by atoms with E-state index in [1.807, 2.05) is 41.5 Å². The van der Waals surface area contributed by atoms with Crippen LogP contribution in [-0.2, 0) is 0 Å². The molecule has 1 rings (SSSR count). The number of rotatable bonds is 0. The van der Waals surface area contributed by atoms with Gasteiger partial charge in [-0.25, -0.2) is 4.98 Å². The normalized spacial score (nSPS) is 7.09. The maximum absolute atomic E-state index is 3.94. The molecule has 0 spiro atoms. The average Bonchev–Trinajstić information content (AvgIpc) is 2.43. The molecule has 0 saturated carbocycles. The first kappa shape index (κ1) is 12.8. The fraction of sp³-hybridized carbons (Fsp3) is 0.750. The molecule has 0 unspecified atom stereocenters. The molecule has 1 heterocycles. The van der Waals surface area contributed by atoms with Gasteiger partial charge in [0.25, 0.3) is 0 Å². The number of aromatic nitrogens is 3. The number of hydrogen-bond donors (Lipinski definition) is 1. The van der Waals surface area contributed by atoms with Crippen LogP contribution in [0.25, 0.3) is 0 Å². The van der Waals surface area contributed by atoms with Crippen LogP contribution < -0.4 is 0 Å². The quantitative estimate of drug-likeness (QED) is 0.628. The van der Waals surface area contributed by atoms with Crippen molar-refractivity contribution in [3.05, 3.63) is 11.6 Å². The third kappa shape index (κ3) is 7.03. The monoisotopic (exact) mass is 157 g/mol. The Bertz CT molecular complexity index is 142. The third-order valence-electron chi connectivity index (χ3n) is 0.709. The first-order valence-electron chi connectivity index (χ1n) is 4.14. The van der Waals surface area contributed by atoms with Gasteiger partial charge in [-0.1, -0.05) is 27.7 Å². The predicted octanol–water partition coefficient (Wildman–Crippen LogP) is 2.47. The topological polar surface area (TPSA) is 41.6 Å². The molecule has 3 heteroatoms. The number of hydrogen-bond acceptors (Lipinski definition) is 2. The molecule has 0 aliphatic carbocycles. The summed E-state index contributed by atoms with van der Waals surface area (Å²) in [6.45, 7) is 11.7. The van der Waals surface area contributed by atoms with Crippen LogP contribution >= 0.6 is 0 Å². The SMILES string of the molecule is CC.CC.Cc1n[nH]c(C)n1.